The number of hydrogen-bond donors (Lipinski definition) is 0. The van der Waals surface area contributed by atoms with Crippen LogP contribution in [0.3, 0.4) is 0 Å². The second-order valence-electron chi connectivity index (χ2n) is 8.84. The van der Waals surface area contributed by atoms with Crippen LogP contribution in [0.15, 0.2) is 109 Å². The summed E-state index contributed by atoms with van der Waals surface area (Å²) in [5.41, 5.74) is 4.56. The Morgan fingerprint density at radius 2 is 1.30 bits per heavy atom. The van der Waals surface area contributed by atoms with E-state index < -0.39 is 5.41 Å². The third-order valence-corrected chi connectivity index (χ3v) is 7.15. The van der Waals surface area contributed by atoms with Gasteiger partial charge >= 0.3 is 0 Å². The lowest BCUT2D eigenvalue weighted by Crippen LogP contribution is -2.49. The molecule has 1 amide bonds. The minimum absolute atomic E-state index is 0.0429. The van der Waals surface area contributed by atoms with Gasteiger partial charge in [0.1, 0.15) is 5.41 Å². The minimum Gasteiger partial charge on any atom is -0.307 e. The van der Waals surface area contributed by atoms with Gasteiger partial charge in [0.05, 0.1) is 6.54 Å². The van der Waals surface area contributed by atoms with Crippen LogP contribution in [-0.4, -0.2) is 11.7 Å². The van der Waals surface area contributed by atoms with Crippen molar-refractivity contribution >= 4 is 17.4 Å². The largest absolute Gasteiger partial charge is 0.307 e. The van der Waals surface area contributed by atoms with Gasteiger partial charge in [0.2, 0.25) is 5.91 Å². The molecular formula is C30H23NO2. The van der Waals surface area contributed by atoms with E-state index in [1.54, 1.807) is 0 Å². The van der Waals surface area contributed by atoms with E-state index in [0.29, 0.717) is 18.5 Å². The van der Waals surface area contributed by atoms with Crippen molar-refractivity contribution < 1.29 is 9.59 Å². The van der Waals surface area contributed by atoms with Crippen molar-refractivity contribution in [3.8, 4) is 0 Å². The van der Waals surface area contributed by atoms with Gasteiger partial charge in [-0.1, -0.05) is 103 Å². The average Bonchev–Trinajstić information content (AvgIpc) is 3.11. The van der Waals surface area contributed by atoms with Crippen LogP contribution < -0.4 is 4.90 Å². The lowest BCUT2D eigenvalue weighted by atomic mass is 9.58. The number of Topliss-reactive ketones (excluding diaryl/α,β-unsaturated/α-hetero) is 1. The number of anilines is 1. The highest BCUT2D eigenvalue weighted by Gasteiger charge is 2.60. The zero-order valence-electron chi connectivity index (χ0n) is 18.1. The van der Waals surface area contributed by atoms with Gasteiger partial charge in [0.25, 0.3) is 0 Å². The summed E-state index contributed by atoms with van der Waals surface area (Å²) in [6, 6.07) is 35.9. The van der Waals surface area contributed by atoms with Crippen molar-refractivity contribution in [2.24, 2.45) is 0 Å². The summed E-state index contributed by atoms with van der Waals surface area (Å²) in [4.78, 5) is 29.8. The molecule has 0 aromatic heterocycles. The summed E-state index contributed by atoms with van der Waals surface area (Å²) < 4.78 is 0. The van der Waals surface area contributed by atoms with Crippen LogP contribution in [0.1, 0.15) is 45.0 Å². The predicted molar refractivity (Wildman–Crippen MR) is 129 cm³/mol. The molecule has 1 aliphatic carbocycles. The van der Waals surface area contributed by atoms with Gasteiger partial charge in [-0.2, -0.15) is 0 Å². The van der Waals surface area contributed by atoms with Crippen molar-refractivity contribution in [3.63, 3.8) is 0 Å². The van der Waals surface area contributed by atoms with Gasteiger partial charge in [0, 0.05) is 23.6 Å². The average molecular weight is 430 g/mol. The first-order valence-corrected chi connectivity index (χ1v) is 11.3. The maximum Gasteiger partial charge on any atom is 0.243 e. The van der Waals surface area contributed by atoms with Crippen molar-refractivity contribution in [2.45, 2.75) is 24.3 Å². The fourth-order valence-electron chi connectivity index (χ4n) is 5.76. The van der Waals surface area contributed by atoms with Gasteiger partial charge in [-0.3, -0.25) is 9.59 Å². The molecule has 2 atom stereocenters. The van der Waals surface area contributed by atoms with Gasteiger partial charge < -0.3 is 4.90 Å². The topological polar surface area (TPSA) is 37.4 Å². The number of ketones is 1. The Hall–Kier alpha value is -3.98. The summed E-state index contributed by atoms with van der Waals surface area (Å²) in [5, 5.41) is 0. The maximum atomic E-state index is 14.6. The number of amides is 1. The molecule has 3 nitrogen and oxygen atoms in total. The molecule has 1 aliphatic heterocycles. The Balaban J connectivity index is 1.63. The molecule has 160 valence electrons. The molecule has 2 aliphatic rings. The molecule has 3 heteroatoms. The van der Waals surface area contributed by atoms with Gasteiger partial charge in [-0.25, -0.2) is 0 Å². The molecule has 0 fully saturated rings. The number of fused-ring (bicyclic) bond motifs is 4. The molecule has 6 rings (SSSR count). The molecule has 0 radical (unpaired) electrons. The van der Waals surface area contributed by atoms with E-state index >= 15 is 0 Å². The Kier molecular flexibility index (Phi) is 4.51. The van der Waals surface area contributed by atoms with Gasteiger partial charge in [-0.15, -0.1) is 0 Å². The molecule has 0 saturated heterocycles. The highest BCUT2D eigenvalue weighted by Crippen LogP contribution is 2.58. The number of hydrogen-bond acceptors (Lipinski definition) is 2. The van der Waals surface area contributed by atoms with Crippen molar-refractivity contribution in [1.82, 2.24) is 0 Å². The molecule has 1 spiro atoms. The smallest absolute Gasteiger partial charge is 0.243 e. The van der Waals surface area contributed by atoms with Crippen LogP contribution in [-0.2, 0) is 16.8 Å². The molecule has 33 heavy (non-hydrogen) atoms. The van der Waals surface area contributed by atoms with Crippen LogP contribution in [0.25, 0.3) is 0 Å². The van der Waals surface area contributed by atoms with Crippen molar-refractivity contribution in [3.05, 3.63) is 137 Å². The Bertz CT molecular complexity index is 1360. The first-order chi connectivity index (χ1) is 16.2. The summed E-state index contributed by atoms with van der Waals surface area (Å²) in [6.45, 7) is 0.496. The van der Waals surface area contributed by atoms with Crippen LogP contribution in [0.4, 0.5) is 5.69 Å². The van der Waals surface area contributed by atoms with E-state index in [4.69, 9.17) is 0 Å². The van der Waals surface area contributed by atoms with Crippen molar-refractivity contribution in [2.75, 3.05) is 4.90 Å². The number of benzene rings is 4. The number of carbonyl (C=O) groups is 2. The number of nitrogens with zero attached hydrogens (tertiary/aromatic N) is 1. The van der Waals surface area contributed by atoms with Crippen LogP contribution in [0.2, 0.25) is 0 Å². The molecular weight excluding hydrogens is 406 g/mol. The first-order valence-electron chi connectivity index (χ1n) is 11.3. The van der Waals surface area contributed by atoms with E-state index in [9.17, 15) is 9.59 Å². The monoisotopic (exact) mass is 429 g/mol. The highest BCUT2D eigenvalue weighted by molar-refractivity contribution is 6.15. The number of carbonyl (C=O) groups excluding carboxylic acids is 2. The Morgan fingerprint density at radius 1 is 0.697 bits per heavy atom. The highest BCUT2D eigenvalue weighted by atomic mass is 16.2. The normalized spacial score (nSPS) is 21.2. The van der Waals surface area contributed by atoms with Crippen molar-refractivity contribution in [1.29, 1.82) is 0 Å². The van der Waals surface area contributed by atoms with Crippen LogP contribution in [0, 0.1) is 0 Å². The minimum atomic E-state index is -0.933. The van der Waals surface area contributed by atoms with Gasteiger partial charge in [0.15, 0.2) is 5.78 Å². The molecule has 4 aromatic carbocycles. The predicted octanol–water partition coefficient (Wildman–Crippen LogP) is 5.89. The summed E-state index contributed by atoms with van der Waals surface area (Å²) in [5.74, 6) is -0.131. The lowest BCUT2D eigenvalue weighted by molar-refractivity contribution is -0.122. The Labute approximate surface area is 193 Å². The fraction of sp³-hybridized carbons (Fsp3) is 0.133. The maximum absolute atomic E-state index is 14.6. The van der Waals surface area contributed by atoms with Gasteiger partial charge in [-0.05, 0) is 28.3 Å². The Morgan fingerprint density at radius 3 is 2.06 bits per heavy atom. The number of para-hydroxylation sites is 1. The van der Waals surface area contributed by atoms with E-state index in [1.165, 1.54) is 0 Å². The lowest BCUT2D eigenvalue weighted by Gasteiger charge is -2.41. The van der Waals surface area contributed by atoms with E-state index in [1.807, 2.05) is 108 Å². The van der Waals surface area contributed by atoms with Crippen LogP contribution >= 0.6 is 0 Å². The zero-order valence-corrected chi connectivity index (χ0v) is 18.1. The summed E-state index contributed by atoms with van der Waals surface area (Å²) in [7, 11) is 0. The molecule has 0 bridgehead atoms. The SMILES string of the molecule is O=C1C[C@H](c2ccccc2)[C@]2(C(=O)N(Cc3ccccc3)c3ccccc32)c2ccccc21. The summed E-state index contributed by atoms with van der Waals surface area (Å²) in [6.07, 6.45) is 0.306. The fourth-order valence-corrected chi connectivity index (χ4v) is 5.76. The summed E-state index contributed by atoms with van der Waals surface area (Å²) >= 11 is 0. The standard InChI is InChI=1S/C30H23NO2/c32-28-19-26(22-13-5-2-6-14-22)30(24-16-8-7-15-23(24)28)25-17-9-10-18-27(25)31(29(30)33)20-21-11-3-1-4-12-21/h1-18,26H,19-20H2/t26-,30+/m1/s1. The quantitative estimate of drug-likeness (QED) is 0.407. The van der Waals surface area contributed by atoms with E-state index in [2.05, 4.69) is 6.07 Å². The number of rotatable bonds is 3. The van der Waals surface area contributed by atoms with Crippen LogP contribution in [0.5, 0.6) is 0 Å². The van der Waals surface area contributed by atoms with E-state index in [-0.39, 0.29) is 17.6 Å². The molecule has 4 aromatic rings. The molecule has 0 unspecified atom stereocenters. The third kappa shape index (κ3) is 2.82. The second-order valence-corrected chi connectivity index (χ2v) is 8.84. The zero-order chi connectivity index (χ0) is 22.4. The third-order valence-electron chi connectivity index (χ3n) is 7.15. The molecule has 1 heterocycles. The molecule has 0 N–H and O–H groups in total. The molecule has 0 saturated carbocycles. The van der Waals surface area contributed by atoms with E-state index in [0.717, 1.165) is 27.9 Å². The first kappa shape index (κ1) is 19.7. The second kappa shape index (κ2) is 7.56.